The van der Waals surface area contributed by atoms with E-state index in [9.17, 15) is 9.18 Å². The van der Waals surface area contributed by atoms with E-state index < -0.39 is 11.6 Å². The lowest BCUT2D eigenvalue weighted by molar-refractivity contribution is -0.150. The summed E-state index contributed by atoms with van der Waals surface area (Å²) in [4.78, 5) is 10.6. The number of hydrogen-bond donors (Lipinski definition) is 1. The molecular weight excluding hydrogens is 183 g/mol. The van der Waals surface area contributed by atoms with Crippen molar-refractivity contribution in [3.63, 3.8) is 0 Å². The van der Waals surface area contributed by atoms with E-state index in [0.717, 1.165) is 25.7 Å². The molecule has 14 heavy (non-hydrogen) atoms. The van der Waals surface area contributed by atoms with Gasteiger partial charge in [-0.3, -0.25) is 0 Å². The SMILES string of the molecule is CC(F)(CC1CCCCCC1)C(=O)O. The normalized spacial score (nSPS) is 23.9. The van der Waals surface area contributed by atoms with Gasteiger partial charge in [-0.15, -0.1) is 0 Å². The Hall–Kier alpha value is -0.600. The summed E-state index contributed by atoms with van der Waals surface area (Å²) in [6.45, 7) is 1.18. The third-order valence-electron chi connectivity index (χ3n) is 3.09. The maximum atomic E-state index is 13.5. The fourth-order valence-corrected chi connectivity index (χ4v) is 2.20. The van der Waals surface area contributed by atoms with E-state index >= 15 is 0 Å². The number of hydrogen-bond acceptors (Lipinski definition) is 1. The Bertz CT molecular complexity index is 193. The molecule has 1 fully saturated rings. The van der Waals surface area contributed by atoms with Crippen LogP contribution >= 0.6 is 0 Å². The second-order valence-corrected chi connectivity index (χ2v) is 4.56. The maximum Gasteiger partial charge on any atom is 0.341 e. The molecule has 0 aliphatic heterocycles. The summed E-state index contributed by atoms with van der Waals surface area (Å²) in [5.74, 6) is -1.05. The van der Waals surface area contributed by atoms with Crippen molar-refractivity contribution >= 4 is 5.97 Å². The topological polar surface area (TPSA) is 37.3 Å². The van der Waals surface area contributed by atoms with Crippen LogP contribution in [0.5, 0.6) is 0 Å². The molecule has 2 nitrogen and oxygen atoms in total. The summed E-state index contributed by atoms with van der Waals surface area (Å²) in [5.41, 5.74) is -2.03. The van der Waals surface area contributed by atoms with Crippen LogP contribution in [0.3, 0.4) is 0 Å². The molecular formula is C11H19FO2. The molecule has 1 unspecified atom stereocenters. The van der Waals surface area contributed by atoms with Crippen LogP contribution in [-0.2, 0) is 4.79 Å². The van der Waals surface area contributed by atoms with Crippen LogP contribution < -0.4 is 0 Å². The fourth-order valence-electron chi connectivity index (χ4n) is 2.20. The van der Waals surface area contributed by atoms with E-state index in [0.29, 0.717) is 0 Å². The van der Waals surface area contributed by atoms with Crippen molar-refractivity contribution in [1.82, 2.24) is 0 Å². The molecule has 1 aliphatic rings. The molecule has 1 atom stereocenters. The maximum absolute atomic E-state index is 13.5. The predicted molar refractivity (Wildman–Crippen MR) is 53.0 cm³/mol. The number of halogens is 1. The number of alkyl halides is 1. The van der Waals surface area contributed by atoms with Crippen LogP contribution in [0.25, 0.3) is 0 Å². The Balaban J connectivity index is 2.45. The number of aliphatic carboxylic acids is 1. The van der Waals surface area contributed by atoms with Crippen molar-refractivity contribution in [1.29, 1.82) is 0 Å². The van der Waals surface area contributed by atoms with Gasteiger partial charge in [0.25, 0.3) is 0 Å². The standard InChI is InChI=1S/C11H19FO2/c1-11(12,10(13)14)8-9-6-4-2-3-5-7-9/h9H,2-8H2,1H3,(H,13,14). The van der Waals surface area contributed by atoms with E-state index in [-0.39, 0.29) is 12.3 Å². The highest BCUT2D eigenvalue weighted by Gasteiger charge is 2.35. The van der Waals surface area contributed by atoms with E-state index in [4.69, 9.17) is 5.11 Å². The molecule has 0 spiro atoms. The minimum atomic E-state index is -2.03. The summed E-state index contributed by atoms with van der Waals surface area (Å²) >= 11 is 0. The lowest BCUT2D eigenvalue weighted by Crippen LogP contribution is -2.32. The molecule has 1 saturated carbocycles. The highest BCUT2D eigenvalue weighted by molar-refractivity contribution is 5.76. The van der Waals surface area contributed by atoms with Gasteiger partial charge in [-0.2, -0.15) is 0 Å². The average Bonchev–Trinajstić information content (AvgIpc) is 2.32. The minimum absolute atomic E-state index is 0.183. The second kappa shape index (κ2) is 4.76. The first-order valence-corrected chi connectivity index (χ1v) is 5.45. The first-order chi connectivity index (χ1) is 6.52. The summed E-state index contributed by atoms with van der Waals surface area (Å²) in [5, 5.41) is 8.67. The number of carboxylic acids is 1. The van der Waals surface area contributed by atoms with Gasteiger partial charge in [-0.1, -0.05) is 38.5 Å². The van der Waals surface area contributed by atoms with E-state index in [1.807, 2.05) is 0 Å². The first kappa shape index (κ1) is 11.5. The van der Waals surface area contributed by atoms with Gasteiger partial charge < -0.3 is 5.11 Å². The molecule has 0 aromatic rings. The summed E-state index contributed by atoms with van der Waals surface area (Å²) in [7, 11) is 0. The molecule has 0 radical (unpaired) electrons. The average molecular weight is 202 g/mol. The fraction of sp³-hybridized carbons (Fsp3) is 0.909. The molecule has 0 aromatic heterocycles. The van der Waals surface area contributed by atoms with Crippen LogP contribution in [0, 0.1) is 5.92 Å². The lowest BCUT2D eigenvalue weighted by Gasteiger charge is -2.21. The molecule has 82 valence electrons. The van der Waals surface area contributed by atoms with Crippen LogP contribution in [-0.4, -0.2) is 16.7 Å². The van der Waals surface area contributed by atoms with Gasteiger partial charge >= 0.3 is 5.97 Å². The summed E-state index contributed by atoms with van der Waals surface area (Å²) in [6, 6.07) is 0. The minimum Gasteiger partial charge on any atom is -0.479 e. The van der Waals surface area contributed by atoms with Gasteiger partial charge in [0, 0.05) is 0 Å². The zero-order valence-corrected chi connectivity index (χ0v) is 8.76. The Morgan fingerprint density at radius 1 is 1.36 bits per heavy atom. The molecule has 0 saturated heterocycles. The van der Waals surface area contributed by atoms with Gasteiger partial charge in [0.2, 0.25) is 5.67 Å². The Morgan fingerprint density at radius 3 is 2.29 bits per heavy atom. The Kier molecular flexibility index (Phi) is 3.90. The van der Waals surface area contributed by atoms with Crippen LogP contribution in [0.1, 0.15) is 51.9 Å². The quantitative estimate of drug-likeness (QED) is 0.714. The second-order valence-electron chi connectivity index (χ2n) is 4.56. The van der Waals surface area contributed by atoms with E-state index in [2.05, 4.69) is 0 Å². The smallest absolute Gasteiger partial charge is 0.341 e. The van der Waals surface area contributed by atoms with Crippen molar-refractivity contribution in [3.05, 3.63) is 0 Å². The van der Waals surface area contributed by atoms with Gasteiger partial charge in [-0.05, 0) is 19.3 Å². The molecule has 0 bridgehead atoms. The summed E-state index contributed by atoms with van der Waals surface area (Å²) < 4.78 is 13.5. The predicted octanol–water partition coefficient (Wildman–Crippen LogP) is 3.16. The van der Waals surface area contributed by atoms with Gasteiger partial charge in [0.05, 0.1) is 0 Å². The van der Waals surface area contributed by atoms with E-state index in [1.54, 1.807) is 0 Å². The lowest BCUT2D eigenvalue weighted by atomic mass is 9.88. The molecule has 1 rings (SSSR count). The van der Waals surface area contributed by atoms with Crippen molar-refractivity contribution in [2.24, 2.45) is 5.92 Å². The highest BCUT2D eigenvalue weighted by atomic mass is 19.1. The first-order valence-electron chi connectivity index (χ1n) is 5.45. The van der Waals surface area contributed by atoms with Crippen LogP contribution in [0.4, 0.5) is 4.39 Å². The molecule has 1 aliphatic carbocycles. The van der Waals surface area contributed by atoms with Crippen LogP contribution in [0.15, 0.2) is 0 Å². The van der Waals surface area contributed by atoms with Gasteiger partial charge in [0.1, 0.15) is 0 Å². The molecule has 1 N–H and O–H groups in total. The van der Waals surface area contributed by atoms with Gasteiger partial charge in [-0.25, -0.2) is 9.18 Å². The number of carboxylic acid groups (broad SMARTS) is 1. The van der Waals surface area contributed by atoms with Crippen molar-refractivity contribution < 1.29 is 14.3 Å². The van der Waals surface area contributed by atoms with Crippen molar-refractivity contribution in [3.8, 4) is 0 Å². The number of rotatable bonds is 3. The van der Waals surface area contributed by atoms with Crippen LogP contribution in [0.2, 0.25) is 0 Å². The zero-order valence-electron chi connectivity index (χ0n) is 8.76. The number of carbonyl (C=O) groups is 1. The highest BCUT2D eigenvalue weighted by Crippen LogP contribution is 2.31. The molecule has 0 aromatic carbocycles. The monoisotopic (exact) mass is 202 g/mol. The summed E-state index contributed by atoms with van der Waals surface area (Å²) in [6.07, 6.45) is 6.85. The third kappa shape index (κ3) is 3.28. The molecule has 3 heteroatoms. The largest absolute Gasteiger partial charge is 0.479 e. The van der Waals surface area contributed by atoms with E-state index in [1.165, 1.54) is 19.8 Å². The van der Waals surface area contributed by atoms with Crippen molar-refractivity contribution in [2.45, 2.75) is 57.5 Å². The van der Waals surface area contributed by atoms with Crippen molar-refractivity contribution in [2.75, 3.05) is 0 Å². The third-order valence-corrected chi connectivity index (χ3v) is 3.09. The van der Waals surface area contributed by atoms with Gasteiger partial charge in [0.15, 0.2) is 0 Å². The molecule has 0 heterocycles. The zero-order chi connectivity index (χ0) is 10.6. The Labute approximate surface area is 84.5 Å². The Morgan fingerprint density at radius 2 is 1.86 bits per heavy atom. The molecule has 0 amide bonds.